The predicted molar refractivity (Wildman–Crippen MR) is 111 cm³/mol. The first-order valence-corrected chi connectivity index (χ1v) is 10.7. The van der Waals surface area contributed by atoms with E-state index in [1.807, 2.05) is 0 Å². The summed E-state index contributed by atoms with van der Waals surface area (Å²) in [7, 11) is -2.30. The highest BCUT2D eigenvalue weighted by atomic mass is 32.2. The SMILES string of the molecule is CCOC(=O)c1cccc(NC(=O)[C@H](C)N(c2cccc(OC)c2)S(C)(=O)=O)c1. The van der Waals surface area contributed by atoms with E-state index in [0.29, 0.717) is 17.1 Å². The highest BCUT2D eigenvalue weighted by molar-refractivity contribution is 7.92. The first kappa shape index (κ1) is 22.2. The molecule has 0 aliphatic heterocycles. The summed E-state index contributed by atoms with van der Waals surface area (Å²) in [4.78, 5) is 24.6. The van der Waals surface area contributed by atoms with Crippen molar-refractivity contribution in [3.05, 3.63) is 54.1 Å². The molecule has 0 saturated heterocycles. The van der Waals surface area contributed by atoms with Crippen molar-refractivity contribution in [3.8, 4) is 5.75 Å². The van der Waals surface area contributed by atoms with Gasteiger partial charge < -0.3 is 14.8 Å². The van der Waals surface area contributed by atoms with Crippen LogP contribution in [-0.2, 0) is 19.6 Å². The van der Waals surface area contributed by atoms with Crippen LogP contribution in [0.15, 0.2) is 48.5 Å². The van der Waals surface area contributed by atoms with Crippen LogP contribution in [0, 0.1) is 0 Å². The molecule has 156 valence electrons. The van der Waals surface area contributed by atoms with Gasteiger partial charge in [0.2, 0.25) is 15.9 Å². The van der Waals surface area contributed by atoms with E-state index >= 15 is 0 Å². The molecule has 0 aliphatic rings. The van der Waals surface area contributed by atoms with E-state index in [1.165, 1.54) is 26.2 Å². The van der Waals surface area contributed by atoms with Gasteiger partial charge >= 0.3 is 5.97 Å². The maximum Gasteiger partial charge on any atom is 0.338 e. The third kappa shape index (κ3) is 5.71. The lowest BCUT2D eigenvalue weighted by molar-refractivity contribution is -0.116. The molecule has 0 radical (unpaired) electrons. The van der Waals surface area contributed by atoms with Crippen molar-refractivity contribution < 1.29 is 27.5 Å². The topological polar surface area (TPSA) is 102 Å². The quantitative estimate of drug-likeness (QED) is 0.659. The molecule has 2 aromatic rings. The fourth-order valence-electron chi connectivity index (χ4n) is 2.74. The van der Waals surface area contributed by atoms with Crippen LogP contribution in [0.3, 0.4) is 0 Å². The summed E-state index contributed by atoms with van der Waals surface area (Å²) in [5.74, 6) is -0.601. The Bertz CT molecular complexity index is 990. The Kier molecular flexibility index (Phi) is 7.22. The van der Waals surface area contributed by atoms with Gasteiger partial charge in [-0.25, -0.2) is 13.2 Å². The van der Waals surface area contributed by atoms with Crippen molar-refractivity contribution in [1.29, 1.82) is 0 Å². The molecular formula is C20H24N2O6S. The van der Waals surface area contributed by atoms with Gasteiger partial charge in [0.25, 0.3) is 0 Å². The first-order chi connectivity index (χ1) is 13.7. The van der Waals surface area contributed by atoms with Crippen LogP contribution in [0.2, 0.25) is 0 Å². The van der Waals surface area contributed by atoms with Crippen molar-refractivity contribution in [2.24, 2.45) is 0 Å². The van der Waals surface area contributed by atoms with Gasteiger partial charge in [-0.2, -0.15) is 0 Å². The normalized spacial score (nSPS) is 12.0. The standard InChI is InChI=1S/C20H24N2O6S/c1-5-28-20(24)15-8-6-9-16(12-15)21-19(23)14(2)22(29(4,25)26)17-10-7-11-18(13-17)27-3/h6-14H,5H2,1-4H3,(H,21,23)/t14-/m0/s1. The average Bonchev–Trinajstić information content (AvgIpc) is 2.67. The molecule has 29 heavy (non-hydrogen) atoms. The van der Waals surface area contributed by atoms with Gasteiger partial charge in [-0.3, -0.25) is 9.10 Å². The van der Waals surface area contributed by atoms with Crippen LogP contribution in [0.1, 0.15) is 24.2 Å². The molecule has 0 heterocycles. The molecule has 1 N–H and O–H groups in total. The number of esters is 1. The van der Waals surface area contributed by atoms with Crippen LogP contribution in [0.5, 0.6) is 5.75 Å². The molecular weight excluding hydrogens is 396 g/mol. The maximum atomic E-state index is 12.8. The lowest BCUT2D eigenvalue weighted by Crippen LogP contribution is -2.45. The number of sulfonamides is 1. The molecule has 0 unspecified atom stereocenters. The largest absolute Gasteiger partial charge is 0.497 e. The van der Waals surface area contributed by atoms with Crippen molar-refractivity contribution in [3.63, 3.8) is 0 Å². The summed E-state index contributed by atoms with van der Waals surface area (Å²) in [6, 6.07) is 11.6. The van der Waals surface area contributed by atoms with E-state index in [4.69, 9.17) is 9.47 Å². The third-order valence-corrected chi connectivity index (χ3v) is 5.28. The zero-order chi connectivity index (χ0) is 21.6. The van der Waals surface area contributed by atoms with Gasteiger partial charge in [0, 0.05) is 11.8 Å². The lowest BCUT2D eigenvalue weighted by Gasteiger charge is -2.28. The minimum atomic E-state index is -3.77. The van der Waals surface area contributed by atoms with E-state index in [9.17, 15) is 18.0 Å². The number of amides is 1. The summed E-state index contributed by atoms with van der Waals surface area (Å²) in [5.41, 5.74) is 0.936. The van der Waals surface area contributed by atoms with Crippen molar-refractivity contribution in [1.82, 2.24) is 0 Å². The second-order valence-corrected chi connectivity index (χ2v) is 8.09. The molecule has 0 aliphatic carbocycles. The number of methoxy groups -OCH3 is 1. The summed E-state index contributed by atoms with van der Waals surface area (Å²) < 4.78 is 35.9. The van der Waals surface area contributed by atoms with Crippen LogP contribution < -0.4 is 14.4 Å². The Balaban J connectivity index is 2.28. The number of hydrogen-bond donors (Lipinski definition) is 1. The fourth-order valence-corrected chi connectivity index (χ4v) is 3.91. The highest BCUT2D eigenvalue weighted by Crippen LogP contribution is 2.25. The average molecular weight is 420 g/mol. The number of nitrogens with one attached hydrogen (secondary N) is 1. The fraction of sp³-hybridized carbons (Fsp3) is 0.300. The van der Waals surface area contributed by atoms with Gasteiger partial charge in [0.15, 0.2) is 0 Å². The lowest BCUT2D eigenvalue weighted by atomic mass is 10.2. The van der Waals surface area contributed by atoms with E-state index < -0.39 is 27.9 Å². The summed E-state index contributed by atoms with van der Waals surface area (Å²) in [6.45, 7) is 3.41. The summed E-state index contributed by atoms with van der Waals surface area (Å²) >= 11 is 0. The van der Waals surface area contributed by atoms with Crippen LogP contribution >= 0.6 is 0 Å². The van der Waals surface area contributed by atoms with Gasteiger partial charge in [-0.15, -0.1) is 0 Å². The molecule has 2 aromatic carbocycles. The Morgan fingerprint density at radius 1 is 1.14 bits per heavy atom. The highest BCUT2D eigenvalue weighted by Gasteiger charge is 2.29. The number of rotatable bonds is 8. The first-order valence-electron chi connectivity index (χ1n) is 8.89. The number of carbonyl (C=O) groups is 2. The summed E-state index contributed by atoms with van der Waals surface area (Å²) in [6.07, 6.45) is 1.03. The van der Waals surface area contributed by atoms with Gasteiger partial charge in [0.1, 0.15) is 11.8 Å². The second kappa shape index (κ2) is 9.42. The zero-order valence-corrected chi connectivity index (χ0v) is 17.5. The Hall–Kier alpha value is -3.07. The van der Waals surface area contributed by atoms with Gasteiger partial charge in [-0.1, -0.05) is 12.1 Å². The molecule has 0 aromatic heterocycles. The number of ether oxygens (including phenoxy) is 2. The number of anilines is 2. The molecule has 8 nitrogen and oxygen atoms in total. The molecule has 0 spiro atoms. The minimum Gasteiger partial charge on any atom is -0.497 e. The van der Waals surface area contributed by atoms with E-state index in [0.717, 1.165) is 10.6 Å². The molecule has 0 fully saturated rings. The Labute approximate surface area is 170 Å². The van der Waals surface area contributed by atoms with Gasteiger partial charge in [0.05, 0.1) is 31.2 Å². The number of hydrogen-bond acceptors (Lipinski definition) is 6. The monoisotopic (exact) mass is 420 g/mol. The summed E-state index contributed by atoms with van der Waals surface area (Å²) in [5, 5.41) is 2.65. The smallest absolute Gasteiger partial charge is 0.338 e. The van der Waals surface area contributed by atoms with Crippen molar-refractivity contribution in [2.75, 3.05) is 29.6 Å². The van der Waals surface area contributed by atoms with Gasteiger partial charge in [-0.05, 0) is 44.2 Å². The van der Waals surface area contributed by atoms with Crippen LogP contribution in [0.25, 0.3) is 0 Å². The van der Waals surface area contributed by atoms with E-state index in [2.05, 4.69) is 5.32 Å². The molecule has 1 atom stereocenters. The molecule has 0 saturated carbocycles. The number of nitrogens with zero attached hydrogens (tertiary/aromatic N) is 1. The van der Waals surface area contributed by atoms with Crippen molar-refractivity contribution >= 4 is 33.3 Å². The Morgan fingerprint density at radius 3 is 2.45 bits per heavy atom. The minimum absolute atomic E-state index is 0.232. The number of carbonyl (C=O) groups excluding carboxylic acids is 2. The molecule has 9 heteroatoms. The zero-order valence-electron chi connectivity index (χ0n) is 16.7. The van der Waals surface area contributed by atoms with E-state index in [-0.39, 0.29) is 12.2 Å². The third-order valence-electron chi connectivity index (χ3n) is 4.04. The predicted octanol–water partition coefficient (Wildman–Crippen LogP) is 2.67. The molecule has 1 amide bonds. The Morgan fingerprint density at radius 2 is 1.83 bits per heavy atom. The van der Waals surface area contributed by atoms with Crippen LogP contribution in [-0.4, -0.2) is 46.3 Å². The van der Waals surface area contributed by atoms with Crippen molar-refractivity contribution in [2.45, 2.75) is 19.9 Å². The van der Waals surface area contributed by atoms with E-state index in [1.54, 1.807) is 43.3 Å². The number of benzene rings is 2. The second-order valence-electron chi connectivity index (χ2n) is 6.23. The maximum absolute atomic E-state index is 12.8. The van der Waals surface area contributed by atoms with Crippen LogP contribution in [0.4, 0.5) is 11.4 Å². The molecule has 0 bridgehead atoms. The molecule has 2 rings (SSSR count).